The molecule has 5 rings (SSSR count). The first-order chi connectivity index (χ1) is 19.9. The first-order valence-electron chi connectivity index (χ1n) is 14.2. The van der Waals surface area contributed by atoms with Crippen LogP contribution < -0.4 is 10.6 Å². The van der Waals surface area contributed by atoms with Crippen molar-refractivity contribution in [2.45, 2.75) is 70.1 Å². The molecule has 2 saturated heterocycles. The highest BCUT2D eigenvalue weighted by molar-refractivity contribution is 6.01. The van der Waals surface area contributed by atoms with Crippen molar-refractivity contribution in [3.05, 3.63) is 71.4 Å². The van der Waals surface area contributed by atoms with Crippen LogP contribution in [0.2, 0.25) is 0 Å². The average molecular weight is 580 g/mol. The Morgan fingerprint density at radius 1 is 1.05 bits per heavy atom. The van der Waals surface area contributed by atoms with Gasteiger partial charge in [-0.25, -0.2) is 8.78 Å². The molecule has 3 heterocycles. The zero-order chi connectivity index (χ0) is 30.2. The van der Waals surface area contributed by atoms with Gasteiger partial charge in [-0.1, -0.05) is 36.4 Å². The normalized spacial score (nSPS) is 21.8. The van der Waals surface area contributed by atoms with E-state index in [0.29, 0.717) is 36.7 Å². The molecule has 222 valence electrons. The molecule has 3 N–H and O–H groups in total. The van der Waals surface area contributed by atoms with Crippen LogP contribution in [0.4, 0.5) is 8.78 Å². The molecule has 0 unspecified atom stereocenters. The molecule has 2 aliphatic rings. The summed E-state index contributed by atoms with van der Waals surface area (Å²) < 4.78 is 27.7. The molecule has 1 aromatic heterocycles. The second-order valence-electron chi connectivity index (χ2n) is 11.3. The lowest BCUT2D eigenvalue weighted by Crippen LogP contribution is -2.61. The molecule has 0 spiro atoms. The number of halogens is 2. The van der Waals surface area contributed by atoms with Gasteiger partial charge in [0.2, 0.25) is 17.7 Å². The third kappa shape index (κ3) is 6.00. The third-order valence-corrected chi connectivity index (χ3v) is 8.27. The number of aromatic nitrogens is 1. The molecule has 4 amide bonds. The van der Waals surface area contributed by atoms with E-state index in [2.05, 4.69) is 15.6 Å². The first-order valence-corrected chi connectivity index (χ1v) is 14.2. The average Bonchev–Trinajstić information content (AvgIpc) is 3.57. The number of hydrogen-bond acceptors (Lipinski definition) is 4. The van der Waals surface area contributed by atoms with Crippen LogP contribution in [0, 0.1) is 0 Å². The second-order valence-corrected chi connectivity index (χ2v) is 11.3. The zero-order valence-electron chi connectivity index (χ0n) is 23.8. The zero-order valence-corrected chi connectivity index (χ0v) is 23.8. The number of H-pyrrole nitrogens is 1. The molecule has 4 atom stereocenters. The van der Waals surface area contributed by atoms with Crippen LogP contribution in [0.5, 0.6) is 0 Å². The summed E-state index contributed by atoms with van der Waals surface area (Å²) in [6, 6.07) is 12.7. The van der Waals surface area contributed by atoms with Gasteiger partial charge in [-0.2, -0.15) is 0 Å². The SMILES string of the molecule is CC(=O)N1CC[C@H]2CC[C@@H](C(=O)N[C@@H](C)c3ccccc3)N2C(=O)[C@@H](NC(=O)c2cc3cc(C(C)(F)F)ccc3[nH]2)C1. The monoisotopic (exact) mass is 579 g/mol. The summed E-state index contributed by atoms with van der Waals surface area (Å²) >= 11 is 0. The summed E-state index contributed by atoms with van der Waals surface area (Å²) in [7, 11) is 0. The lowest BCUT2D eigenvalue weighted by Gasteiger charge is -2.38. The summed E-state index contributed by atoms with van der Waals surface area (Å²) in [5.41, 5.74) is 1.34. The van der Waals surface area contributed by atoms with Gasteiger partial charge in [0.15, 0.2) is 0 Å². The Hall–Kier alpha value is -4.28. The van der Waals surface area contributed by atoms with E-state index < -0.39 is 29.8 Å². The summed E-state index contributed by atoms with van der Waals surface area (Å²) in [4.78, 5) is 59.2. The van der Waals surface area contributed by atoms with Crippen molar-refractivity contribution in [2.24, 2.45) is 0 Å². The largest absolute Gasteiger partial charge is 0.351 e. The molecular formula is C31H35F2N5O4. The number of rotatable bonds is 6. The Morgan fingerprint density at radius 3 is 2.48 bits per heavy atom. The minimum absolute atomic E-state index is 0.0513. The van der Waals surface area contributed by atoms with E-state index >= 15 is 0 Å². The topological polar surface area (TPSA) is 115 Å². The van der Waals surface area contributed by atoms with E-state index in [1.807, 2.05) is 37.3 Å². The molecule has 2 aliphatic heterocycles. The van der Waals surface area contributed by atoms with Gasteiger partial charge in [0, 0.05) is 49.4 Å². The van der Waals surface area contributed by atoms with Crippen LogP contribution in [0.25, 0.3) is 10.9 Å². The van der Waals surface area contributed by atoms with Crippen LogP contribution in [-0.2, 0) is 20.3 Å². The fraction of sp³-hybridized carbons (Fsp3) is 0.419. The van der Waals surface area contributed by atoms with Gasteiger partial charge in [-0.15, -0.1) is 0 Å². The highest BCUT2D eigenvalue weighted by atomic mass is 19.3. The van der Waals surface area contributed by atoms with E-state index in [1.54, 1.807) is 4.90 Å². The number of nitrogens with one attached hydrogen (secondary N) is 3. The number of carbonyl (C=O) groups excluding carboxylic acids is 4. The number of amides is 4. The maximum Gasteiger partial charge on any atom is 0.270 e. The maximum atomic E-state index is 14.0. The number of fused-ring (bicyclic) bond motifs is 2. The fourth-order valence-corrected chi connectivity index (χ4v) is 5.92. The molecule has 0 aliphatic carbocycles. The van der Waals surface area contributed by atoms with Gasteiger partial charge >= 0.3 is 0 Å². The van der Waals surface area contributed by atoms with Gasteiger partial charge in [0.05, 0.1) is 6.04 Å². The molecule has 0 saturated carbocycles. The smallest absolute Gasteiger partial charge is 0.270 e. The maximum absolute atomic E-state index is 14.0. The lowest BCUT2D eigenvalue weighted by molar-refractivity contribution is -0.145. The van der Waals surface area contributed by atoms with Crippen LogP contribution in [0.1, 0.15) is 67.7 Å². The quantitative estimate of drug-likeness (QED) is 0.411. The predicted octanol–water partition coefficient (Wildman–Crippen LogP) is 3.87. The van der Waals surface area contributed by atoms with Gasteiger partial charge < -0.3 is 25.4 Å². The molecule has 2 fully saturated rings. The number of hydrogen-bond donors (Lipinski definition) is 3. The minimum atomic E-state index is -3.04. The van der Waals surface area contributed by atoms with Crippen LogP contribution >= 0.6 is 0 Å². The number of carbonyl (C=O) groups is 4. The van der Waals surface area contributed by atoms with Crippen molar-refractivity contribution in [2.75, 3.05) is 13.1 Å². The highest BCUT2D eigenvalue weighted by Crippen LogP contribution is 2.31. The van der Waals surface area contributed by atoms with Crippen molar-refractivity contribution in [3.8, 4) is 0 Å². The molecule has 0 radical (unpaired) electrons. The van der Waals surface area contributed by atoms with E-state index in [-0.39, 0.29) is 41.7 Å². The van der Waals surface area contributed by atoms with Crippen molar-refractivity contribution < 1.29 is 28.0 Å². The summed E-state index contributed by atoms with van der Waals surface area (Å²) in [5.74, 6) is -4.58. The fourth-order valence-electron chi connectivity index (χ4n) is 5.92. The molecule has 9 nitrogen and oxygen atoms in total. The standard InChI is InChI=1S/C31H35F2N5O4/c1-18(20-7-5-4-6-8-20)34-29(41)27-12-10-23-13-14-37(19(2)39)17-26(30(42)38(23)27)36-28(40)25-16-21-15-22(31(3,32)33)9-11-24(21)35-25/h4-9,11,15-16,18,23,26-27,35H,10,12-14,17H2,1-3H3,(H,34,41)(H,36,40)/t18-,23+,26-,27-/m0/s1. The van der Waals surface area contributed by atoms with Gasteiger partial charge in [-0.3, -0.25) is 19.2 Å². The van der Waals surface area contributed by atoms with Crippen molar-refractivity contribution in [1.29, 1.82) is 0 Å². The van der Waals surface area contributed by atoms with Crippen molar-refractivity contribution in [1.82, 2.24) is 25.4 Å². The Labute approximate surface area is 242 Å². The molecule has 0 bridgehead atoms. The third-order valence-electron chi connectivity index (χ3n) is 8.27. The Bertz CT molecular complexity index is 1500. The summed E-state index contributed by atoms with van der Waals surface area (Å²) in [6.07, 6.45) is 1.59. The van der Waals surface area contributed by atoms with Gasteiger partial charge in [-0.05, 0) is 49.9 Å². The minimum Gasteiger partial charge on any atom is -0.351 e. The Kier molecular flexibility index (Phi) is 8.03. The summed E-state index contributed by atoms with van der Waals surface area (Å²) in [5, 5.41) is 6.20. The summed E-state index contributed by atoms with van der Waals surface area (Å²) in [6.45, 7) is 4.43. The number of aromatic amines is 1. The Balaban J connectivity index is 1.37. The van der Waals surface area contributed by atoms with Crippen LogP contribution in [0.3, 0.4) is 0 Å². The molecule has 2 aromatic carbocycles. The molecule has 11 heteroatoms. The highest BCUT2D eigenvalue weighted by Gasteiger charge is 2.45. The van der Waals surface area contributed by atoms with E-state index in [4.69, 9.17) is 0 Å². The van der Waals surface area contributed by atoms with Gasteiger partial charge in [0.1, 0.15) is 17.8 Å². The molecule has 3 aromatic rings. The number of benzene rings is 2. The predicted molar refractivity (Wildman–Crippen MR) is 153 cm³/mol. The molecule has 42 heavy (non-hydrogen) atoms. The number of nitrogens with zero attached hydrogens (tertiary/aromatic N) is 2. The second kappa shape index (κ2) is 11.5. The van der Waals surface area contributed by atoms with Crippen LogP contribution in [-0.4, -0.2) is 69.6 Å². The van der Waals surface area contributed by atoms with Gasteiger partial charge in [0.25, 0.3) is 11.8 Å². The van der Waals surface area contributed by atoms with E-state index in [1.165, 1.54) is 36.1 Å². The molecular weight excluding hydrogens is 544 g/mol. The number of alkyl halides is 2. The van der Waals surface area contributed by atoms with Crippen molar-refractivity contribution >= 4 is 34.5 Å². The Morgan fingerprint density at radius 2 is 1.79 bits per heavy atom. The van der Waals surface area contributed by atoms with Crippen molar-refractivity contribution in [3.63, 3.8) is 0 Å². The first kappa shape index (κ1) is 29.2. The lowest BCUT2D eigenvalue weighted by atomic mass is 10.1. The van der Waals surface area contributed by atoms with Crippen LogP contribution in [0.15, 0.2) is 54.6 Å². The van der Waals surface area contributed by atoms with E-state index in [9.17, 15) is 28.0 Å². The van der Waals surface area contributed by atoms with E-state index in [0.717, 1.165) is 12.5 Å².